The molecule has 4 aromatic rings. The molecule has 0 aliphatic heterocycles. The van der Waals surface area contributed by atoms with E-state index in [0.717, 1.165) is 0 Å². The lowest BCUT2D eigenvalue weighted by atomic mass is 10.2. The Labute approximate surface area is 142 Å². The van der Waals surface area contributed by atoms with Crippen molar-refractivity contribution in [3.63, 3.8) is 0 Å². The molecule has 1 aromatic carbocycles. The van der Waals surface area contributed by atoms with E-state index in [1.54, 1.807) is 48.8 Å². The van der Waals surface area contributed by atoms with E-state index in [0.29, 0.717) is 34.0 Å². The molecule has 0 aliphatic carbocycles. The number of ether oxygens (including phenoxy) is 1. The first-order valence-corrected chi connectivity index (χ1v) is 7.48. The summed E-state index contributed by atoms with van der Waals surface area (Å²) in [5.41, 5.74) is 2.49. The van der Waals surface area contributed by atoms with Crippen LogP contribution < -0.4 is 10.1 Å². The van der Waals surface area contributed by atoms with Gasteiger partial charge in [-0.25, -0.2) is 4.98 Å². The van der Waals surface area contributed by atoms with E-state index < -0.39 is 0 Å². The van der Waals surface area contributed by atoms with Crippen LogP contribution in [0.1, 0.15) is 10.6 Å². The number of fused-ring (bicyclic) bond motifs is 1. The quantitative estimate of drug-likeness (QED) is 0.611. The molecule has 0 fully saturated rings. The smallest absolute Gasteiger partial charge is 0.291 e. The zero-order chi connectivity index (χ0) is 17.2. The molecule has 1 N–H and O–H groups in total. The number of benzene rings is 1. The van der Waals surface area contributed by atoms with Crippen LogP contribution in [0.3, 0.4) is 0 Å². The maximum Gasteiger partial charge on any atom is 0.291 e. The number of oxazole rings is 1. The third-order valence-electron chi connectivity index (χ3n) is 3.63. The topological polar surface area (TPSA) is 90.4 Å². The van der Waals surface area contributed by atoms with Crippen LogP contribution in [0.5, 0.6) is 5.75 Å². The van der Waals surface area contributed by atoms with Crippen molar-refractivity contribution in [2.75, 3.05) is 12.4 Å². The van der Waals surface area contributed by atoms with Crippen molar-refractivity contribution in [3.05, 3.63) is 60.8 Å². The fraction of sp³-hybridized carbons (Fsp3) is 0.0556. The average Bonchev–Trinajstić information content (AvgIpc) is 3.31. The highest BCUT2D eigenvalue weighted by molar-refractivity contribution is 6.03. The molecular weight excluding hydrogens is 322 g/mol. The van der Waals surface area contributed by atoms with Gasteiger partial charge in [0.15, 0.2) is 11.3 Å². The van der Waals surface area contributed by atoms with Crippen LogP contribution in [-0.4, -0.2) is 23.0 Å². The lowest BCUT2D eigenvalue weighted by molar-refractivity contribution is 0.0996. The Kier molecular flexibility index (Phi) is 3.66. The Bertz CT molecular complexity index is 1000. The number of hydrogen-bond acceptors (Lipinski definition) is 6. The van der Waals surface area contributed by atoms with Gasteiger partial charge in [-0.3, -0.25) is 9.78 Å². The molecule has 25 heavy (non-hydrogen) atoms. The molecule has 7 nitrogen and oxygen atoms in total. The Morgan fingerprint density at radius 1 is 1.24 bits per heavy atom. The number of aromatic nitrogens is 2. The lowest BCUT2D eigenvalue weighted by Crippen LogP contribution is -2.11. The summed E-state index contributed by atoms with van der Waals surface area (Å²) in [5, 5.41) is 2.77. The van der Waals surface area contributed by atoms with Crippen LogP contribution in [0.25, 0.3) is 22.6 Å². The van der Waals surface area contributed by atoms with Gasteiger partial charge in [0.2, 0.25) is 5.89 Å². The van der Waals surface area contributed by atoms with Crippen molar-refractivity contribution < 1.29 is 18.4 Å². The molecule has 0 radical (unpaired) electrons. The SMILES string of the molecule is COc1ccc(-c2nc3cnccc3o2)cc1NC(=O)c1ccco1. The largest absolute Gasteiger partial charge is 0.495 e. The van der Waals surface area contributed by atoms with E-state index in [1.165, 1.54) is 13.4 Å². The number of pyridine rings is 1. The molecule has 4 rings (SSSR count). The Balaban J connectivity index is 1.71. The predicted molar refractivity (Wildman–Crippen MR) is 90.5 cm³/mol. The van der Waals surface area contributed by atoms with Crippen molar-refractivity contribution in [1.29, 1.82) is 0 Å². The first-order valence-electron chi connectivity index (χ1n) is 7.48. The van der Waals surface area contributed by atoms with Gasteiger partial charge >= 0.3 is 0 Å². The number of nitrogens with zero attached hydrogens (tertiary/aromatic N) is 2. The number of furan rings is 1. The van der Waals surface area contributed by atoms with Gasteiger partial charge in [-0.15, -0.1) is 0 Å². The maximum atomic E-state index is 12.2. The van der Waals surface area contributed by atoms with Gasteiger partial charge in [0.1, 0.15) is 11.3 Å². The van der Waals surface area contributed by atoms with Crippen LogP contribution in [0.15, 0.2) is 63.9 Å². The molecule has 7 heteroatoms. The number of methoxy groups -OCH3 is 1. The summed E-state index contributed by atoms with van der Waals surface area (Å²) in [6.07, 6.45) is 4.71. The summed E-state index contributed by atoms with van der Waals surface area (Å²) >= 11 is 0. The molecule has 0 spiro atoms. The highest BCUT2D eigenvalue weighted by Gasteiger charge is 2.15. The molecule has 0 saturated carbocycles. The zero-order valence-electron chi connectivity index (χ0n) is 13.2. The number of carbonyl (C=O) groups is 1. The van der Waals surface area contributed by atoms with Crippen LogP contribution in [0.2, 0.25) is 0 Å². The molecule has 0 unspecified atom stereocenters. The van der Waals surface area contributed by atoms with E-state index in [2.05, 4.69) is 15.3 Å². The summed E-state index contributed by atoms with van der Waals surface area (Å²) in [4.78, 5) is 20.7. The molecule has 3 aromatic heterocycles. The summed E-state index contributed by atoms with van der Waals surface area (Å²) in [6.45, 7) is 0. The van der Waals surface area contributed by atoms with E-state index in [-0.39, 0.29) is 11.7 Å². The molecule has 1 amide bonds. The number of carbonyl (C=O) groups excluding carboxylic acids is 1. The maximum absolute atomic E-state index is 12.2. The minimum absolute atomic E-state index is 0.209. The third-order valence-corrected chi connectivity index (χ3v) is 3.63. The van der Waals surface area contributed by atoms with E-state index in [9.17, 15) is 4.79 Å². The molecule has 0 atom stereocenters. The molecule has 0 aliphatic rings. The third kappa shape index (κ3) is 2.83. The van der Waals surface area contributed by atoms with Gasteiger partial charge in [-0.1, -0.05) is 0 Å². The van der Waals surface area contributed by atoms with Crippen LogP contribution >= 0.6 is 0 Å². The number of amides is 1. The highest BCUT2D eigenvalue weighted by atomic mass is 16.5. The average molecular weight is 335 g/mol. The Hall–Kier alpha value is -3.61. The van der Waals surface area contributed by atoms with Gasteiger partial charge in [0, 0.05) is 17.8 Å². The molecule has 0 saturated heterocycles. The predicted octanol–water partition coefficient (Wildman–Crippen LogP) is 3.74. The van der Waals surface area contributed by atoms with Crippen LogP contribution in [0, 0.1) is 0 Å². The van der Waals surface area contributed by atoms with Gasteiger partial charge in [-0.2, -0.15) is 0 Å². The monoisotopic (exact) mass is 335 g/mol. The zero-order valence-corrected chi connectivity index (χ0v) is 13.2. The van der Waals surface area contributed by atoms with Gasteiger partial charge < -0.3 is 18.9 Å². The number of anilines is 1. The normalized spacial score (nSPS) is 10.8. The molecular formula is C18H13N3O4. The molecule has 124 valence electrons. The van der Waals surface area contributed by atoms with E-state index in [4.69, 9.17) is 13.6 Å². The van der Waals surface area contributed by atoms with Crippen LogP contribution in [0.4, 0.5) is 5.69 Å². The van der Waals surface area contributed by atoms with E-state index >= 15 is 0 Å². The number of nitrogens with one attached hydrogen (secondary N) is 1. The van der Waals surface area contributed by atoms with Crippen molar-refractivity contribution in [2.45, 2.75) is 0 Å². The van der Waals surface area contributed by atoms with Crippen molar-refractivity contribution in [3.8, 4) is 17.2 Å². The summed E-state index contributed by atoms with van der Waals surface area (Å²) < 4.78 is 16.1. The fourth-order valence-corrected chi connectivity index (χ4v) is 2.43. The lowest BCUT2D eigenvalue weighted by Gasteiger charge is -2.10. The first-order chi connectivity index (χ1) is 12.2. The van der Waals surface area contributed by atoms with Crippen molar-refractivity contribution >= 4 is 22.7 Å². The number of hydrogen-bond donors (Lipinski definition) is 1. The summed E-state index contributed by atoms with van der Waals surface area (Å²) in [7, 11) is 1.53. The Morgan fingerprint density at radius 3 is 2.92 bits per heavy atom. The Morgan fingerprint density at radius 2 is 2.16 bits per heavy atom. The minimum atomic E-state index is -0.373. The van der Waals surface area contributed by atoms with Gasteiger partial charge in [-0.05, 0) is 30.3 Å². The van der Waals surface area contributed by atoms with Crippen molar-refractivity contribution in [2.24, 2.45) is 0 Å². The van der Waals surface area contributed by atoms with E-state index in [1.807, 2.05) is 0 Å². The second-order valence-electron chi connectivity index (χ2n) is 5.21. The van der Waals surface area contributed by atoms with Gasteiger partial charge in [0.05, 0.1) is 25.3 Å². The van der Waals surface area contributed by atoms with Crippen molar-refractivity contribution in [1.82, 2.24) is 9.97 Å². The van der Waals surface area contributed by atoms with Crippen LogP contribution in [-0.2, 0) is 0 Å². The summed E-state index contributed by atoms with van der Waals surface area (Å²) in [5.74, 6) is 0.781. The second kappa shape index (κ2) is 6.12. The number of rotatable bonds is 4. The standard InChI is InChI=1S/C18H13N3O4/c1-23-14-5-4-11(18-21-13-10-19-7-6-15(13)25-18)9-12(14)20-17(22)16-3-2-8-24-16/h2-10H,1H3,(H,20,22). The summed E-state index contributed by atoms with van der Waals surface area (Å²) in [6, 6.07) is 10.3. The molecule has 0 bridgehead atoms. The second-order valence-corrected chi connectivity index (χ2v) is 5.21. The molecule has 3 heterocycles. The minimum Gasteiger partial charge on any atom is -0.495 e. The fourth-order valence-electron chi connectivity index (χ4n) is 2.43. The highest BCUT2D eigenvalue weighted by Crippen LogP contribution is 2.32. The first kappa shape index (κ1) is 14.9. The van der Waals surface area contributed by atoms with Gasteiger partial charge in [0.25, 0.3) is 5.91 Å².